The van der Waals surface area contributed by atoms with Crippen LogP contribution in [0.25, 0.3) is 0 Å². The molecule has 2 atom stereocenters. The van der Waals surface area contributed by atoms with E-state index in [0.29, 0.717) is 48.4 Å². The molecule has 3 N–H and O–H groups in total. The number of aliphatic hydroxyl groups is 1. The first-order valence-electron chi connectivity index (χ1n) is 11.1. The highest BCUT2D eigenvalue weighted by Crippen LogP contribution is 2.37. The molecule has 0 spiro atoms. The van der Waals surface area contributed by atoms with E-state index in [1.165, 1.54) is 6.33 Å². The molecule has 33 heavy (non-hydrogen) atoms. The van der Waals surface area contributed by atoms with Crippen molar-refractivity contribution in [2.24, 2.45) is 0 Å². The Bertz CT molecular complexity index is 1040. The third kappa shape index (κ3) is 4.53. The first kappa shape index (κ1) is 23.4. The monoisotopic (exact) mass is 472 g/mol. The fraction of sp³-hybridized carbons (Fsp3) is 0.478. The molecule has 4 rings (SSSR count). The van der Waals surface area contributed by atoms with E-state index in [4.69, 9.17) is 11.6 Å². The summed E-state index contributed by atoms with van der Waals surface area (Å²) in [6.07, 6.45) is 1.45. The first-order valence-corrected chi connectivity index (χ1v) is 11.5. The molecule has 9 nitrogen and oxygen atoms in total. The quantitative estimate of drug-likeness (QED) is 0.587. The van der Waals surface area contributed by atoms with Gasteiger partial charge < -0.3 is 25.5 Å². The number of nitrogens with zero attached hydrogens (tertiary/aromatic N) is 4. The molecule has 2 aromatic rings. The first-order chi connectivity index (χ1) is 15.7. The Morgan fingerprint density at radius 2 is 1.91 bits per heavy atom. The summed E-state index contributed by atoms with van der Waals surface area (Å²) in [5, 5.41) is 18.1. The van der Waals surface area contributed by atoms with Gasteiger partial charge in [0, 0.05) is 49.4 Å². The number of carbonyl (C=O) groups is 2. The maximum atomic E-state index is 13.5. The molecule has 0 aliphatic carbocycles. The van der Waals surface area contributed by atoms with Crippen LogP contribution in [0.5, 0.6) is 0 Å². The van der Waals surface area contributed by atoms with Crippen molar-refractivity contribution in [3.05, 3.63) is 46.7 Å². The number of hydrogen-bond donors (Lipinski definition) is 3. The zero-order valence-corrected chi connectivity index (χ0v) is 19.8. The minimum atomic E-state index is -1.71. The molecular formula is C23H29ClN6O3. The predicted molar refractivity (Wildman–Crippen MR) is 126 cm³/mol. The van der Waals surface area contributed by atoms with Gasteiger partial charge in [-0.1, -0.05) is 37.6 Å². The zero-order chi connectivity index (χ0) is 23.8. The summed E-state index contributed by atoms with van der Waals surface area (Å²) in [5.74, 6) is 0.496. The molecular weight excluding hydrogens is 444 g/mol. The van der Waals surface area contributed by atoms with Crippen molar-refractivity contribution in [3.8, 4) is 0 Å². The second-order valence-electron chi connectivity index (χ2n) is 8.85. The predicted octanol–water partition coefficient (Wildman–Crippen LogP) is 1.72. The van der Waals surface area contributed by atoms with Crippen LogP contribution >= 0.6 is 11.6 Å². The summed E-state index contributed by atoms with van der Waals surface area (Å²) in [5.41, 5.74) is -0.418. The van der Waals surface area contributed by atoms with E-state index in [-0.39, 0.29) is 30.3 Å². The van der Waals surface area contributed by atoms with Gasteiger partial charge in [0.05, 0.1) is 5.92 Å². The maximum absolute atomic E-state index is 13.5. The summed E-state index contributed by atoms with van der Waals surface area (Å²) in [6, 6.07) is 6.83. The van der Waals surface area contributed by atoms with Crippen LogP contribution in [0, 0.1) is 0 Å². The van der Waals surface area contributed by atoms with Gasteiger partial charge in [0.1, 0.15) is 18.0 Å². The van der Waals surface area contributed by atoms with Crippen molar-refractivity contribution in [2.75, 3.05) is 42.9 Å². The standard InChI is InChI=1S/C23H29ClN6O3/c1-14(2)25-12-23(33,16-4-6-17(24)7-5-16)22(32)30-10-8-29(9-11-30)20-18-15(3)21(31)28-19(18)26-13-27-20/h4-7,13-15,25,33H,8-12H2,1-3H3,(H,26,27,28,31)/t15?,23-/m0/s1. The fourth-order valence-corrected chi connectivity index (χ4v) is 4.38. The highest BCUT2D eigenvalue weighted by molar-refractivity contribution is 6.30. The number of amides is 2. The molecule has 1 saturated heterocycles. The number of nitrogens with one attached hydrogen (secondary N) is 2. The second-order valence-corrected chi connectivity index (χ2v) is 9.29. The molecule has 1 fully saturated rings. The number of anilines is 2. The van der Waals surface area contributed by atoms with Crippen LogP contribution in [-0.2, 0) is 15.2 Å². The smallest absolute Gasteiger partial charge is 0.260 e. The zero-order valence-electron chi connectivity index (χ0n) is 19.0. The fourth-order valence-electron chi connectivity index (χ4n) is 4.25. The number of piperazine rings is 1. The number of carbonyl (C=O) groups excluding carboxylic acids is 2. The molecule has 10 heteroatoms. The number of halogens is 1. The molecule has 2 amide bonds. The highest BCUT2D eigenvalue weighted by Gasteiger charge is 2.42. The Labute approximate surface area is 198 Å². The topological polar surface area (TPSA) is 111 Å². The van der Waals surface area contributed by atoms with Gasteiger partial charge in [-0.15, -0.1) is 0 Å². The van der Waals surface area contributed by atoms with E-state index in [2.05, 4.69) is 25.5 Å². The van der Waals surface area contributed by atoms with Gasteiger partial charge in [0.25, 0.3) is 5.91 Å². The second kappa shape index (κ2) is 9.24. The van der Waals surface area contributed by atoms with Gasteiger partial charge in [0.2, 0.25) is 5.91 Å². The molecule has 1 unspecified atom stereocenters. The summed E-state index contributed by atoms with van der Waals surface area (Å²) in [6.45, 7) is 7.76. The van der Waals surface area contributed by atoms with Crippen molar-refractivity contribution in [1.29, 1.82) is 0 Å². The van der Waals surface area contributed by atoms with Crippen LogP contribution in [0.3, 0.4) is 0 Å². The van der Waals surface area contributed by atoms with Gasteiger partial charge in [-0.3, -0.25) is 9.59 Å². The maximum Gasteiger partial charge on any atom is 0.260 e. The highest BCUT2D eigenvalue weighted by atomic mass is 35.5. The van der Waals surface area contributed by atoms with E-state index in [9.17, 15) is 14.7 Å². The third-order valence-corrected chi connectivity index (χ3v) is 6.49. The Morgan fingerprint density at radius 1 is 1.24 bits per heavy atom. The SMILES string of the molecule is CC(C)NC[C@@](O)(C(=O)N1CCN(c2ncnc3c2C(C)C(=O)N3)CC1)c1ccc(Cl)cc1. The number of benzene rings is 1. The third-order valence-electron chi connectivity index (χ3n) is 6.24. The van der Waals surface area contributed by atoms with Gasteiger partial charge in [-0.05, 0) is 24.6 Å². The van der Waals surface area contributed by atoms with Crippen molar-refractivity contribution in [3.63, 3.8) is 0 Å². The van der Waals surface area contributed by atoms with E-state index in [1.54, 1.807) is 29.2 Å². The molecule has 0 saturated carbocycles. The van der Waals surface area contributed by atoms with E-state index < -0.39 is 5.60 Å². The summed E-state index contributed by atoms with van der Waals surface area (Å²) in [7, 11) is 0. The average Bonchev–Trinajstić information content (AvgIpc) is 3.11. The Hall–Kier alpha value is -2.75. The number of hydrogen-bond acceptors (Lipinski definition) is 7. The minimum Gasteiger partial charge on any atom is -0.374 e. The molecule has 0 radical (unpaired) electrons. The molecule has 1 aromatic carbocycles. The molecule has 176 valence electrons. The molecule has 1 aromatic heterocycles. The van der Waals surface area contributed by atoms with Crippen LogP contribution in [0.4, 0.5) is 11.6 Å². The summed E-state index contributed by atoms with van der Waals surface area (Å²) in [4.78, 5) is 38.0. The lowest BCUT2D eigenvalue weighted by Crippen LogP contribution is -2.58. The lowest BCUT2D eigenvalue weighted by atomic mass is 9.91. The van der Waals surface area contributed by atoms with Crippen molar-refractivity contribution < 1.29 is 14.7 Å². The van der Waals surface area contributed by atoms with Crippen LogP contribution < -0.4 is 15.5 Å². The molecule has 2 aliphatic heterocycles. The summed E-state index contributed by atoms with van der Waals surface area (Å²) < 4.78 is 0. The molecule has 3 heterocycles. The van der Waals surface area contributed by atoms with Crippen LogP contribution in [0.1, 0.15) is 37.8 Å². The number of fused-ring (bicyclic) bond motifs is 1. The largest absolute Gasteiger partial charge is 0.374 e. The van der Waals surface area contributed by atoms with Gasteiger partial charge in [-0.2, -0.15) is 0 Å². The van der Waals surface area contributed by atoms with Crippen LogP contribution in [0.15, 0.2) is 30.6 Å². The minimum absolute atomic E-state index is 0.0914. The van der Waals surface area contributed by atoms with E-state index in [0.717, 1.165) is 5.56 Å². The lowest BCUT2D eigenvalue weighted by molar-refractivity contribution is -0.152. The van der Waals surface area contributed by atoms with Gasteiger partial charge in [0.15, 0.2) is 5.60 Å². The van der Waals surface area contributed by atoms with Crippen molar-refractivity contribution in [1.82, 2.24) is 20.2 Å². The Balaban J connectivity index is 1.52. The van der Waals surface area contributed by atoms with E-state index in [1.807, 2.05) is 20.8 Å². The lowest BCUT2D eigenvalue weighted by Gasteiger charge is -2.40. The average molecular weight is 473 g/mol. The van der Waals surface area contributed by atoms with E-state index >= 15 is 0 Å². The normalized spacial score (nSPS) is 19.9. The molecule has 0 bridgehead atoms. The number of aromatic nitrogens is 2. The summed E-state index contributed by atoms with van der Waals surface area (Å²) >= 11 is 6.02. The Morgan fingerprint density at radius 3 is 2.55 bits per heavy atom. The number of rotatable bonds is 6. The van der Waals surface area contributed by atoms with Gasteiger partial charge in [-0.25, -0.2) is 9.97 Å². The van der Waals surface area contributed by atoms with Gasteiger partial charge >= 0.3 is 0 Å². The molecule has 2 aliphatic rings. The van der Waals surface area contributed by atoms with Crippen LogP contribution in [-0.4, -0.2) is 70.6 Å². The van der Waals surface area contributed by atoms with Crippen molar-refractivity contribution >= 4 is 35.1 Å². The van der Waals surface area contributed by atoms with Crippen LogP contribution in [0.2, 0.25) is 5.02 Å². The Kier molecular flexibility index (Phi) is 6.56. The van der Waals surface area contributed by atoms with Crippen molar-refractivity contribution in [2.45, 2.75) is 38.3 Å².